The second kappa shape index (κ2) is 8.89. The highest BCUT2D eigenvalue weighted by molar-refractivity contribution is 4.84. The zero-order chi connectivity index (χ0) is 13.3. The third-order valence-corrected chi connectivity index (χ3v) is 3.86. The van der Waals surface area contributed by atoms with Gasteiger partial charge in [0, 0.05) is 39.0 Å². The molecule has 1 rings (SSSR count). The predicted molar refractivity (Wildman–Crippen MR) is 76.0 cm³/mol. The maximum atomic E-state index is 5.74. The van der Waals surface area contributed by atoms with E-state index >= 15 is 0 Å². The molecule has 0 aromatic rings. The lowest BCUT2D eigenvalue weighted by Crippen LogP contribution is -2.42. The molecule has 0 bridgehead atoms. The minimum atomic E-state index is 0.398. The Morgan fingerprint density at radius 3 is 2.56 bits per heavy atom. The van der Waals surface area contributed by atoms with Crippen molar-refractivity contribution in [2.45, 2.75) is 58.9 Å². The van der Waals surface area contributed by atoms with Crippen molar-refractivity contribution in [1.29, 1.82) is 0 Å². The van der Waals surface area contributed by atoms with Gasteiger partial charge in [-0.1, -0.05) is 27.2 Å². The molecule has 1 saturated heterocycles. The summed E-state index contributed by atoms with van der Waals surface area (Å²) in [7, 11) is 0. The van der Waals surface area contributed by atoms with Crippen LogP contribution in [0.2, 0.25) is 0 Å². The van der Waals surface area contributed by atoms with Gasteiger partial charge in [-0.25, -0.2) is 0 Å². The average molecular weight is 257 g/mol. The zero-order valence-electron chi connectivity index (χ0n) is 12.5. The molecule has 0 aromatic heterocycles. The summed E-state index contributed by atoms with van der Waals surface area (Å²) in [5, 5.41) is 3.60. The highest BCUT2D eigenvalue weighted by atomic mass is 16.5. The monoisotopic (exact) mass is 257 g/mol. The van der Waals surface area contributed by atoms with Gasteiger partial charge in [-0.3, -0.25) is 0 Å². The fraction of sp³-hybridized carbons (Fsp3) is 1.00. The zero-order valence-corrected chi connectivity index (χ0v) is 12.5. The summed E-state index contributed by atoms with van der Waals surface area (Å²) in [5.74, 6) is 0. The molecule has 0 aromatic carbocycles. The Morgan fingerprint density at radius 2 is 1.94 bits per heavy atom. The largest absolute Gasteiger partial charge is 0.381 e. The van der Waals surface area contributed by atoms with Crippen LogP contribution in [0.4, 0.5) is 0 Å². The standard InChI is InChI=1S/C15H31NO2/c1-4-5-9-17-10-6-15(13-16-14(2)3)7-11-18-12-8-15/h14,16H,4-13H2,1-3H3. The fourth-order valence-electron chi connectivity index (χ4n) is 2.38. The molecule has 108 valence electrons. The van der Waals surface area contributed by atoms with Crippen LogP contribution >= 0.6 is 0 Å². The summed E-state index contributed by atoms with van der Waals surface area (Å²) < 4.78 is 11.2. The van der Waals surface area contributed by atoms with E-state index in [1.165, 1.54) is 32.1 Å². The van der Waals surface area contributed by atoms with Crippen molar-refractivity contribution in [3.8, 4) is 0 Å². The van der Waals surface area contributed by atoms with Gasteiger partial charge in [0.15, 0.2) is 0 Å². The number of nitrogens with one attached hydrogen (secondary N) is 1. The second-order valence-electron chi connectivity index (χ2n) is 5.86. The van der Waals surface area contributed by atoms with Crippen LogP contribution < -0.4 is 5.32 Å². The van der Waals surface area contributed by atoms with Crippen LogP contribution in [-0.4, -0.2) is 39.0 Å². The molecule has 0 unspecified atom stereocenters. The van der Waals surface area contributed by atoms with Crippen LogP contribution in [0, 0.1) is 5.41 Å². The maximum absolute atomic E-state index is 5.74. The molecule has 0 amide bonds. The van der Waals surface area contributed by atoms with E-state index in [1.54, 1.807) is 0 Å². The lowest BCUT2D eigenvalue weighted by atomic mass is 9.77. The van der Waals surface area contributed by atoms with E-state index in [0.717, 1.165) is 33.0 Å². The number of hydrogen-bond acceptors (Lipinski definition) is 3. The van der Waals surface area contributed by atoms with Gasteiger partial charge in [-0.2, -0.15) is 0 Å². The van der Waals surface area contributed by atoms with Gasteiger partial charge in [-0.05, 0) is 31.1 Å². The van der Waals surface area contributed by atoms with Crippen LogP contribution in [0.15, 0.2) is 0 Å². The normalized spacial score (nSPS) is 19.3. The van der Waals surface area contributed by atoms with E-state index in [9.17, 15) is 0 Å². The lowest BCUT2D eigenvalue weighted by molar-refractivity contribution is -0.00720. The van der Waals surface area contributed by atoms with Gasteiger partial charge in [0.25, 0.3) is 0 Å². The third-order valence-electron chi connectivity index (χ3n) is 3.86. The van der Waals surface area contributed by atoms with Gasteiger partial charge in [0.2, 0.25) is 0 Å². The van der Waals surface area contributed by atoms with Crippen LogP contribution in [0.3, 0.4) is 0 Å². The first-order chi connectivity index (χ1) is 8.68. The molecule has 3 nitrogen and oxygen atoms in total. The fourth-order valence-corrected chi connectivity index (χ4v) is 2.38. The minimum absolute atomic E-state index is 0.398. The molecule has 1 aliphatic heterocycles. The smallest absolute Gasteiger partial charge is 0.0471 e. The van der Waals surface area contributed by atoms with Crippen molar-refractivity contribution in [3.63, 3.8) is 0 Å². The summed E-state index contributed by atoms with van der Waals surface area (Å²) >= 11 is 0. The van der Waals surface area contributed by atoms with Crippen molar-refractivity contribution in [3.05, 3.63) is 0 Å². The van der Waals surface area contributed by atoms with Gasteiger partial charge < -0.3 is 14.8 Å². The van der Waals surface area contributed by atoms with Crippen molar-refractivity contribution in [1.82, 2.24) is 5.32 Å². The third kappa shape index (κ3) is 6.17. The van der Waals surface area contributed by atoms with Gasteiger partial charge in [-0.15, -0.1) is 0 Å². The highest BCUT2D eigenvalue weighted by Crippen LogP contribution is 2.33. The summed E-state index contributed by atoms with van der Waals surface area (Å²) in [4.78, 5) is 0. The Morgan fingerprint density at radius 1 is 1.22 bits per heavy atom. The summed E-state index contributed by atoms with van der Waals surface area (Å²) in [5.41, 5.74) is 0.398. The number of rotatable bonds is 9. The molecule has 1 N–H and O–H groups in total. The number of unbranched alkanes of at least 4 members (excludes halogenated alkanes) is 1. The quantitative estimate of drug-likeness (QED) is 0.644. The average Bonchev–Trinajstić information content (AvgIpc) is 2.38. The van der Waals surface area contributed by atoms with Crippen LogP contribution in [0.1, 0.15) is 52.9 Å². The molecule has 0 spiro atoms. The van der Waals surface area contributed by atoms with Gasteiger partial charge in [0.1, 0.15) is 0 Å². The first kappa shape index (κ1) is 15.9. The Hall–Kier alpha value is -0.120. The van der Waals surface area contributed by atoms with Crippen LogP contribution in [-0.2, 0) is 9.47 Å². The van der Waals surface area contributed by atoms with E-state index in [2.05, 4.69) is 26.1 Å². The molecule has 0 atom stereocenters. The molecule has 1 fully saturated rings. The maximum Gasteiger partial charge on any atom is 0.0471 e. The van der Waals surface area contributed by atoms with Crippen molar-refractivity contribution in [2.75, 3.05) is 33.0 Å². The minimum Gasteiger partial charge on any atom is -0.381 e. The first-order valence-corrected chi connectivity index (χ1v) is 7.57. The predicted octanol–water partition coefficient (Wildman–Crippen LogP) is 2.99. The highest BCUT2D eigenvalue weighted by Gasteiger charge is 2.32. The topological polar surface area (TPSA) is 30.5 Å². The molecule has 0 saturated carbocycles. The van der Waals surface area contributed by atoms with E-state index in [1.807, 2.05) is 0 Å². The Balaban J connectivity index is 2.29. The lowest BCUT2D eigenvalue weighted by Gasteiger charge is -2.38. The summed E-state index contributed by atoms with van der Waals surface area (Å²) in [6.07, 6.45) is 5.90. The Kier molecular flexibility index (Phi) is 7.87. The first-order valence-electron chi connectivity index (χ1n) is 7.57. The number of ether oxygens (including phenoxy) is 2. The molecule has 1 aliphatic rings. The van der Waals surface area contributed by atoms with E-state index < -0.39 is 0 Å². The molecular formula is C15H31NO2. The molecule has 18 heavy (non-hydrogen) atoms. The molecule has 3 heteroatoms. The molecule has 0 aliphatic carbocycles. The Labute approximate surface area is 113 Å². The molecular weight excluding hydrogens is 226 g/mol. The van der Waals surface area contributed by atoms with Crippen molar-refractivity contribution < 1.29 is 9.47 Å². The second-order valence-corrected chi connectivity index (χ2v) is 5.86. The van der Waals surface area contributed by atoms with E-state index in [0.29, 0.717) is 11.5 Å². The van der Waals surface area contributed by atoms with E-state index in [4.69, 9.17) is 9.47 Å². The van der Waals surface area contributed by atoms with Crippen molar-refractivity contribution >= 4 is 0 Å². The summed E-state index contributed by atoms with van der Waals surface area (Å²) in [6, 6.07) is 0.561. The molecule has 0 radical (unpaired) electrons. The number of hydrogen-bond donors (Lipinski definition) is 1. The van der Waals surface area contributed by atoms with Gasteiger partial charge >= 0.3 is 0 Å². The van der Waals surface area contributed by atoms with Gasteiger partial charge in [0.05, 0.1) is 0 Å². The van der Waals surface area contributed by atoms with E-state index in [-0.39, 0.29) is 0 Å². The van der Waals surface area contributed by atoms with Crippen LogP contribution in [0.5, 0.6) is 0 Å². The van der Waals surface area contributed by atoms with Crippen LogP contribution in [0.25, 0.3) is 0 Å². The Bertz CT molecular complexity index is 201. The SMILES string of the molecule is CCCCOCCC1(CNC(C)C)CCOCC1. The van der Waals surface area contributed by atoms with Crippen molar-refractivity contribution in [2.24, 2.45) is 5.41 Å². The summed E-state index contributed by atoms with van der Waals surface area (Å²) in [6.45, 7) is 11.4. The molecule has 1 heterocycles.